The Kier molecular flexibility index (Phi) is 7.63. The van der Waals surface area contributed by atoms with E-state index in [1.165, 1.54) is 17.0 Å². The van der Waals surface area contributed by atoms with Gasteiger partial charge in [-0.25, -0.2) is 4.39 Å². The highest BCUT2D eigenvalue weighted by Crippen LogP contribution is 2.23. The molecule has 27 heavy (non-hydrogen) atoms. The molecular weight excluding hydrogens is 433 g/mol. The molecule has 0 spiro atoms. The monoisotopic (exact) mass is 455 g/mol. The van der Waals surface area contributed by atoms with E-state index in [1.54, 1.807) is 23.5 Å². The smallest absolute Gasteiger partial charge is 0.234 e. The number of nitrogens with one attached hydrogen (secondary N) is 1. The quantitative estimate of drug-likeness (QED) is 0.621. The zero-order chi connectivity index (χ0) is 19.1. The Hall–Kier alpha value is -1.48. The first kappa shape index (κ1) is 20.3. The molecule has 3 rings (SSSR count). The first-order valence-corrected chi connectivity index (χ1v) is 10.5. The Bertz CT molecular complexity index is 733. The van der Waals surface area contributed by atoms with Gasteiger partial charge in [0, 0.05) is 37.6 Å². The van der Waals surface area contributed by atoms with Crippen molar-refractivity contribution in [2.45, 2.75) is 6.54 Å². The molecule has 1 amide bonds. The fourth-order valence-electron chi connectivity index (χ4n) is 2.91. The second-order valence-corrected chi connectivity index (χ2v) is 8.96. The van der Waals surface area contributed by atoms with Crippen molar-refractivity contribution in [3.8, 4) is 5.75 Å². The first-order valence-electron chi connectivity index (χ1n) is 8.92. The third-order valence-corrected chi connectivity index (χ3v) is 5.96. The van der Waals surface area contributed by atoms with Gasteiger partial charge in [0.2, 0.25) is 5.91 Å². The third-order valence-electron chi connectivity index (χ3n) is 4.35. The minimum absolute atomic E-state index is 0.00773. The minimum atomic E-state index is -0.293. The van der Waals surface area contributed by atoms with E-state index in [-0.39, 0.29) is 11.7 Å². The van der Waals surface area contributed by atoms with Crippen molar-refractivity contribution in [1.29, 1.82) is 0 Å². The molecule has 2 aromatic rings. The summed E-state index contributed by atoms with van der Waals surface area (Å²) in [6.45, 7) is 5.90. The SMILES string of the molecule is O=C(CN1CCN(Cc2ccc(Br)s2)CC1)NCCOc1ccc(F)cc1. The third kappa shape index (κ3) is 6.88. The summed E-state index contributed by atoms with van der Waals surface area (Å²) in [5.74, 6) is 0.312. The van der Waals surface area contributed by atoms with Crippen LogP contribution in [-0.4, -0.2) is 61.6 Å². The van der Waals surface area contributed by atoms with Crippen LogP contribution < -0.4 is 10.1 Å². The van der Waals surface area contributed by atoms with Crippen LogP contribution >= 0.6 is 27.3 Å². The summed E-state index contributed by atoms with van der Waals surface area (Å²) in [5, 5.41) is 2.87. The maximum absolute atomic E-state index is 12.8. The van der Waals surface area contributed by atoms with E-state index >= 15 is 0 Å². The molecule has 1 aromatic carbocycles. The average molecular weight is 456 g/mol. The fraction of sp³-hybridized carbons (Fsp3) is 0.421. The highest BCUT2D eigenvalue weighted by atomic mass is 79.9. The highest BCUT2D eigenvalue weighted by Gasteiger charge is 2.19. The minimum Gasteiger partial charge on any atom is -0.492 e. The highest BCUT2D eigenvalue weighted by molar-refractivity contribution is 9.11. The summed E-state index contributed by atoms with van der Waals surface area (Å²) in [6, 6.07) is 10.1. The van der Waals surface area contributed by atoms with E-state index in [0.29, 0.717) is 25.4 Å². The van der Waals surface area contributed by atoms with Crippen LogP contribution in [0.5, 0.6) is 5.75 Å². The summed E-state index contributed by atoms with van der Waals surface area (Å²) >= 11 is 5.27. The van der Waals surface area contributed by atoms with Crippen molar-refractivity contribution in [2.75, 3.05) is 45.9 Å². The van der Waals surface area contributed by atoms with Crippen molar-refractivity contribution in [3.05, 3.63) is 50.9 Å². The lowest BCUT2D eigenvalue weighted by Gasteiger charge is -2.34. The van der Waals surface area contributed by atoms with Gasteiger partial charge in [0.25, 0.3) is 0 Å². The van der Waals surface area contributed by atoms with Crippen LogP contribution in [-0.2, 0) is 11.3 Å². The summed E-state index contributed by atoms with van der Waals surface area (Å²) < 4.78 is 19.4. The van der Waals surface area contributed by atoms with Gasteiger partial charge in [0.15, 0.2) is 0 Å². The summed E-state index contributed by atoms with van der Waals surface area (Å²) in [5.41, 5.74) is 0. The number of carbonyl (C=O) groups excluding carboxylic acids is 1. The van der Waals surface area contributed by atoms with Crippen molar-refractivity contribution in [1.82, 2.24) is 15.1 Å². The van der Waals surface area contributed by atoms with E-state index in [0.717, 1.165) is 36.5 Å². The number of amides is 1. The lowest BCUT2D eigenvalue weighted by atomic mass is 10.3. The Labute approximate surface area is 171 Å². The standard InChI is InChI=1S/C19H23BrFN3O2S/c20-18-6-5-17(27-18)13-23-8-10-24(11-9-23)14-19(25)22-7-12-26-16-3-1-15(21)2-4-16/h1-6H,7-14H2,(H,22,25). The fourth-order valence-corrected chi connectivity index (χ4v) is 4.44. The lowest BCUT2D eigenvalue weighted by Crippen LogP contribution is -2.49. The second-order valence-electron chi connectivity index (χ2n) is 6.41. The number of thiophene rings is 1. The van der Waals surface area contributed by atoms with Gasteiger partial charge < -0.3 is 10.1 Å². The Morgan fingerprint density at radius 3 is 2.48 bits per heavy atom. The summed E-state index contributed by atoms with van der Waals surface area (Å²) in [7, 11) is 0. The van der Waals surface area contributed by atoms with Crippen molar-refractivity contribution in [2.24, 2.45) is 0 Å². The number of benzene rings is 1. The molecule has 146 valence electrons. The zero-order valence-corrected chi connectivity index (χ0v) is 17.4. The maximum atomic E-state index is 12.8. The number of halogens is 2. The summed E-state index contributed by atoms with van der Waals surface area (Å²) in [4.78, 5) is 18.0. The number of rotatable bonds is 8. The van der Waals surface area contributed by atoms with Crippen molar-refractivity contribution in [3.63, 3.8) is 0 Å². The van der Waals surface area contributed by atoms with Crippen LogP contribution in [0, 0.1) is 5.82 Å². The van der Waals surface area contributed by atoms with Crippen LogP contribution in [0.3, 0.4) is 0 Å². The predicted molar refractivity (Wildman–Crippen MR) is 109 cm³/mol. The van der Waals surface area contributed by atoms with Crippen molar-refractivity contribution >= 4 is 33.2 Å². The Balaban J connectivity index is 1.28. The van der Waals surface area contributed by atoms with E-state index in [4.69, 9.17) is 4.74 Å². The molecule has 1 aliphatic rings. The van der Waals surface area contributed by atoms with Crippen LogP contribution in [0.1, 0.15) is 4.88 Å². The second kappa shape index (κ2) is 10.2. The lowest BCUT2D eigenvalue weighted by molar-refractivity contribution is -0.122. The molecule has 1 fully saturated rings. The van der Waals surface area contributed by atoms with Gasteiger partial charge in [-0.1, -0.05) is 0 Å². The van der Waals surface area contributed by atoms with Gasteiger partial charge in [0.1, 0.15) is 18.2 Å². The van der Waals surface area contributed by atoms with Crippen molar-refractivity contribution < 1.29 is 13.9 Å². The molecule has 1 aromatic heterocycles. The van der Waals surface area contributed by atoms with Crippen LogP contribution in [0.15, 0.2) is 40.2 Å². The van der Waals surface area contributed by atoms with Gasteiger partial charge in [-0.15, -0.1) is 11.3 Å². The van der Waals surface area contributed by atoms with Gasteiger partial charge in [0.05, 0.1) is 16.9 Å². The van der Waals surface area contributed by atoms with E-state index in [1.807, 2.05) is 0 Å². The van der Waals surface area contributed by atoms with Gasteiger partial charge in [-0.05, 0) is 52.3 Å². The maximum Gasteiger partial charge on any atom is 0.234 e. The average Bonchev–Trinajstić information content (AvgIpc) is 3.07. The topological polar surface area (TPSA) is 44.8 Å². The summed E-state index contributed by atoms with van der Waals surface area (Å²) in [6.07, 6.45) is 0. The van der Waals surface area contributed by atoms with Crippen LogP contribution in [0.2, 0.25) is 0 Å². The number of hydrogen-bond acceptors (Lipinski definition) is 5. The van der Waals surface area contributed by atoms with Gasteiger partial charge in [-0.2, -0.15) is 0 Å². The van der Waals surface area contributed by atoms with E-state index in [9.17, 15) is 9.18 Å². The molecule has 1 N–H and O–H groups in total. The molecule has 0 atom stereocenters. The Morgan fingerprint density at radius 1 is 1.11 bits per heavy atom. The van der Waals surface area contributed by atoms with Gasteiger partial charge in [-0.3, -0.25) is 14.6 Å². The van der Waals surface area contributed by atoms with Gasteiger partial charge >= 0.3 is 0 Å². The molecular formula is C19H23BrFN3O2S. The number of nitrogens with zero attached hydrogens (tertiary/aromatic N) is 2. The number of hydrogen-bond donors (Lipinski definition) is 1. The largest absolute Gasteiger partial charge is 0.492 e. The van der Waals surface area contributed by atoms with E-state index < -0.39 is 0 Å². The molecule has 1 saturated heterocycles. The molecule has 8 heteroatoms. The number of carbonyl (C=O) groups is 1. The zero-order valence-electron chi connectivity index (χ0n) is 15.0. The molecule has 0 radical (unpaired) electrons. The normalized spacial score (nSPS) is 15.6. The molecule has 0 unspecified atom stereocenters. The van der Waals surface area contributed by atoms with E-state index in [2.05, 4.69) is 43.2 Å². The number of piperazine rings is 1. The van der Waals surface area contributed by atoms with Crippen LogP contribution in [0.25, 0.3) is 0 Å². The molecule has 0 bridgehead atoms. The predicted octanol–water partition coefficient (Wildman–Crippen LogP) is 2.96. The molecule has 0 aliphatic carbocycles. The van der Waals surface area contributed by atoms with Crippen LogP contribution in [0.4, 0.5) is 4.39 Å². The first-order chi connectivity index (χ1) is 13.1. The molecule has 2 heterocycles. The molecule has 0 saturated carbocycles. The number of ether oxygens (including phenoxy) is 1. The molecule has 1 aliphatic heterocycles. The molecule has 5 nitrogen and oxygen atoms in total. The Morgan fingerprint density at radius 2 is 1.81 bits per heavy atom.